The van der Waals surface area contributed by atoms with E-state index < -0.39 is 0 Å². The van der Waals surface area contributed by atoms with E-state index in [0.717, 1.165) is 37.0 Å². The van der Waals surface area contributed by atoms with Crippen LogP contribution in [0.2, 0.25) is 0 Å². The Morgan fingerprint density at radius 2 is 1.75 bits per heavy atom. The number of hydrogen-bond donors (Lipinski definition) is 1. The molecule has 4 rings (SSSR count). The minimum absolute atomic E-state index is 0.0164. The van der Waals surface area contributed by atoms with Crippen LogP contribution in [0.4, 0.5) is 10.5 Å². The molecule has 0 bridgehead atoms. The Bertz CT molecular complexity index is 825. The lowest BCUT2D eigenvalue weighted by Crippen LogP contribution is -2.36. The van der Waals surface area contributed by atoms with Crippen LogP contribution in [-0.4, -0.2) is 56.7 Å². The molecule has 1 heterocycles. The highest BCUT2D eigenvalue weighted by Gasteiger charge is 2.56. The monoisotopic (exact) mass is 381 g/mol. The Balaban J connectivity index is 1.28. The van der Waals surface area contributed by atoms with Crippen LogP contribution in [0.5, 0.6) is 17.2 Å². The second-order valence-electron chi connectivity index (χ2n) is 7.89. The van der Waals surface area contributed by atoms with Crippen molar-refractivity contribution in [3.63, 3.8) is 0 Å². The topological polar surface area (TPSA) is 54.0 Å². The summed E-state index contributed by atoms with van der Waals surface area (Å²) in [4.78, 5) is 16.7. The minimum atomic E-state index is -0.0164. The number of fused-ring (bicyclic) bond motifs is 1. The molecule has 6 nitrogen and oxygen atoms in total. The quantitative estimate of drug-likeness (QED) is 0.828. The van der Waals surface area contributed by atoms with Gasteiger partial charge in [-0.1, -0.05) is 6.07 Å². The molecule has 0 spiro atoms. The first kappa shape index (κ1) is 18.6. The maximum absolute atomic E-state index is 12.5. The van der Waals surface area contributed by atoms with Gasteiger partial charge in [0.15, 0.2) is 0 Å². The van der Waals surface area contributed by atoms with Gasteiger partial charge < -0.3 is 24.6 Å². The number of piperidine rings is 1. The first-order chi connectivity index (χ1) is 13.5. The average Bonchev–Trinajstić information content (AvgIpc) is 3.12. The van der Waals surface area contributed by atoms with E-state index in [4.69, 9.17) is 9.47 Å². The number of anilines is 1. The van der Waals surface area contributed by atoms with E-state index in [-0.39, 0.29) is 6.03 Å². The van der Waals surface area contributed by atoms with Crippen LogP contribution in [0.1, 0.15) is 0 Å². The highest BCUT2D eigenvalue weighted by Crippen LogP contribution is 2.51. The van der Waals surface area contributed by atoms with E-state index in [1.165, 1.54) is 0 Å². The number of nitrogens with zero attached hydrogens (tertiary/aromatic N) is 2. The Kier molecular flexibility index (Phi) is 5.13. The maximum Gasteiger partial charge on any atom is 0.321 e. The fourth-order valence-electron chi connectivity index (χ4n) is 4.12. The van der Waals surface area contributed by atoms with Gasteiger partial charge in [0.1, 0.15) is 17.2 Å². The highest BCUT2D eigenvalue weighted by molar-refractivity contribution is 5.89. The maximum atomic E-state index is 12.5. The van der Waals surface area contributed by atoms with Crippen LogP contribution in [0.15, 0.2) is 48.5 Å². The molecule has 2 fully saturated rings. The molecule has 2 aliphatic rings. The lowest BCUT2D eigenvalue weighted by molar-refractivity contribution is 0.212. The fourth-order valence-corrected chi connectivity index (χ4v) is 4.12. The zero-order valence-corrected chi connectivity index (χ0v) is 16.6. The van der Waals surface area contributed by atoms with Crippen molar-refractivity contribution in [2.24, 2.45) is 17.8 Å². The second kappa shape index (κ2) is 7.72. The van der Waals surface area contributed by atoms with Crippen LogP contribution < -0.4 is 14.8 Å². The molecule has 1 saturated heterocycles. The molecule has 1 N–H and O–H groups in total. The SMILES string of the molecule is COc1cccc(Oc2ccc(NC(=O)N3C[C@@H]4C(CN(C)C)[C@@H]4C3)cc2)c1. The van der Waals surface area contributed by atoms with Gasteiger partial charge in [-0.15, -0.1) is 0 Å². The number of amides is 2. The van der Waals surface area contributed by atoms with E-state index in [1.807, 2.05) is 53.4 Å². The molecule has 0 radical (unpaired) electrons. The molecule has 2 aromatic carbocycles. The Morgan fingerprint density at radius 3 is 2.39 bits per heavy atom. The number of nitrogens with one attached hydrogen (secondary N) is 1. The summed E-state index contributed by atoms with van der Waals surface area (Å²) >= 11 is 0. The minimum Gasteiger partial charge on any atom is -0.497 e. The lowest BCUT2D eigenvalue weighted by atomic mass is 10.2. The number of carbonyl (C=O) groups excluding carboxylic acids is 1. The molecular weight excluding hydrogens is 354 g/mol. The van der Waals surface area contributed by atoms with Gasteiger partial charge in [-0.2, -0.15) is 0 Å². The molecule has 1 saturated carbocycles. The summed E-state index contributed by atoms with van der Waals surface area (Å²) in [5.41, 5.74) is 0.772. The van der Waals surface area contributed by atoms with Gasteiger partial charge in [0, 0.05) is 31.4 Å². The number of benzene rings is 2. The molecule has 28 heavy (non-hydrogen) atoms. The van der Waals surface area contributed by atoms with Crippen LogP contribution in [-0.2, 0) is 0 Å². The van der Waals surface area contributed by atoms with Crippen LogP contribution in [0, 0.1) is 17.8 Å². The van der Waals surface area contributed by atoms with Crippen molar-refractivity contribution in [1.29, 1.82) is 0 Å². The molecule has 1 aliphatic carbocycles. The lowest BCUT2D eigenvalue weighted by Gasteiger charge is -2.21. The predicted molar refractivity (Wildman–Crippen MR) is 109 cm³/mol. The van der Waals surface area contributed by atoms with Crippen molar-refractivity contribution < 1.29 is 14.3 Å². The van der Waals surface area contributed by atoms with Crippen molar-refractivity contribution in [2.45, 2.75) is 0 Å². The van der Waals surface area contributed by atoms with Crippen molar-refractivity contribution in [2.75, 3.05) is 46.2 Å². The van der Waals surface area contributed by atoms with Gasteiger partial charge >= 0.3 is 6.03 Å². The molecule has 1 aliphatic heterocycles. The molecular formula is C22H27N3O3. The molecule has 2 aromatic rings. The van der Waals surface area contributed by atoms with Gasteiger partial charge in [-0.3, -0.25) is 0 Å². The number of rotatable bonds is 6. The summed E-state index contributed by atoms with van der Waals surface area (Å²) < 4.78 is 11.0. The molecule has 3 atom stereocenters. The summed E-state index contributed by atoms with van der Waals surface area (Å²) in [5, 5.41) is 2.99. The van der Waals surface area contributed by atoms with Gasteiger partial charge in [0.2, 0.25) is 0 Å². The van der Waals surface area contributed by atoms with Gasteiger partial charge in [0.25, 0.3) is 0 Å². The molecule has 1 unspecified atom stereocenters. The molecule has 148 valence electrons. The van der Waals surface area contributed by atoms with E-state index in [9.17, 15) is 4.79 Å². The number of likely N-dealkylation sites (tertiary alicyclic amines) is 1. The number of ether oxygens (including phenoxy) is 2. The average molecular weight is 381 g/mol. The normalized spacial score (nSPS) is 22.7. The highest BCUT2D eigenvalue weighted by atomic mass is 16.5. The first-order valence-electron chi connectivity index (χ1n) is 9.66. The van der Waals surface area contributed by atoms with E-state index in [2.05, 4.69) is 24.3 Å². The predicted octanol–water partition coefficient (Wildman–Crippen LogP) is 3.76. The smallest absolute Gasteiger partial charge is 0.321 e. The Morgan fingerprint density at radius 1 is 1.07 bits per heavy atom. The first-order valence-corrected chi connectivity index (χ1v) is 9.66. The van der Waals surface area contributed by atoms with Crippen LogP contribution in [0.3, 0.4) is 0 Å². The third kappa shape index (κ3) is 4.07. The van der Waals surface area contributed by atoms with Crippen LogP contribution in [0.25, 0.3) is 0 Å². The van der Waals surface area contributed by atoms with Gasteiger partial charge in [-0.25, -0.2) is 4.79 Å². The van der Waals surface area contributed by atoms with Gasteiger partial charge in [0.05, 0.1) is 7.11 Å². The Hall–Kier alpha value is -2.73. The third-order valence-electron chi connectivity index (χ3n) is 5.62. The number of carbonyl (C=O) groups is 1. The molecule has 2 amide bonds. The summed E-state index contributed by atoms with van der Waals surface area (Å²) in [6, 6.07) is 14.9. The standard InChI is InChI=1S/C22H27N3O3/c1-24(2)12-19-20-13-25(14-21(19)20)22(26)23-15-7-9-16(10-8-15)28-18-6-4-5-17(11-18)27-3/h4-11,19-21H,12-14H2,1-3H3,(H,23,26)/t19?,20-,21+. The summed E-state index contributed by atoms with van der Waals surface area (Å²) in [6.07, 6.45) is 0. The summed E-state index contributed by atoms with van der Waals surface area (Å²) in [7, 11) is 5.85. The Labute approximate surface area is 166 Å². The summed E-state index contributed by atoms with van der Waals surface area (Å²) in [6.45, 7) is 2.86. The number of urea groups is 1. The third-order valence-corrected chi connectivity index (χ3v) is 5.62. The second-order valence-corrected chi connectivity index (χ2v) is 7.89. The fraction of sp³-hybridized carbons (Fsp3) is 0.409. The number of hydrogen-bond acceptors (Lipinski definition) is 4. The van der Waals surface area contributed by atoms with Crippen LogP contribution >= 0.6 is 0 Å². The van der Waals surface area contributed by atoms with Gasteiger partial charge in [-0.05, 0) is 68.2 Å². The van der Waals surface area contributed by atoms with Crippen molar-refractivity contribution in [3.8, 4) is 17.2 Å². The largest absolute Gasteiger partial charge is 0.497 e. The summed E-state index contributed by atoms with van der Waals surface area (Å²) in [5.74, 6) is 4.27. The van der Waals surface area contributed by atoms with E-state index in [0.29, 0.717) is 23.3 Å². The zero-order chi connectivity index (χ0) is 19.7. The molecule has 6 heteroatoms. The van der Waals surface area contributed by atoms with Crippen molar-refractivity contribution in [3.05, 3.63) is 48.5 Å². The zero-order valence-electron chi connectivity index (χ0n) is 16.6. The van der Waals surface area contributed by atoms with Crippen molar-refractivity contribution in [1.82, 2.24) is 9.80 Å². The van der Waals surface area contributed by atoms with Crippen molar-refractivity contribution >= 4 is 11.7 Å². The number of methoxy groups -OCH3 is 1. The van der Waals surface area contributed by atoms with E-state index >= 15 is 0 Å². The molecule has 0 aromatic heterocycles. The van der Waals surface area contributed by atoms with E-state index in [1.54, 1.807) is 7.11 Å².